The molecule has 1 unspecified atom stereocenters. The molecule has 1 nitrogen and oxygen atoms in total. The molecule has 1 saturated carbocycles. The molecule has 0 aromatic heterocycles. The molecule has 0 aromatic rings. The number of nitrogens with one attached hydrogen (secondary N) is 1. The molecule has 0 bridgehead atoms. The summed E-state index contributed by atoms with van der Waals surface area (Å²) in [5, 5.41) is 3.43. The summed E-state index contributed by atoms with van der Waals surface area (Å²) in [5.41, 5.74) is 0.242. The Kier molecular flexibility index (Phi) is 2.25. The van der Waals surface area contributed by atoms with Gasteiger partial charge in [-0.05, 0) is 39.5 Å². The van der Waals surface area contributed by atoms with E-state index >= 15 is 0 Å². The Morgan fingerprint density at radius 3 is 2.45 bits per heavy atom. The monoisotopic (exact) mass is 151 g/mol. The van der Waals surface area contributed by atoms with Crippen LogP contribution in [-0.2, 0) is 0 Å². The maximum atomic E-state index is 5.29. The maximum Gasteiger partial charge on any atom is 0.0662 e. The van der Waals surface area contributed by atoms with Gasteiger partial charge in [0, 0.05) is 5.54 Å². The van der Waals surface area contributed by atoms with Crippen LogP contribution >= 0.6 is 0 Å². The van der Waals surface area contributed by atoms with Crippen LogP contribution < -0.4 is 5.32 Å². The van der Waals surface area contributed by atoms with Crippen molar-refractivity contribution in [2.75, 3.05) is 0 Å². The van der Waals surface area contributed by atoms with Crippen molar-refractivity contribution in [1.82, 2.24) is 5.32 Å². The van der Waals surface area contributed by atoms with Crippen LogP contribution in [0.25, 0.3) is 0 Å². The van der Waals surface area contributed by atoms with Gasteiger partial charge in [-0.15, -0.1) is 6.42 Å². The Balaban J connectivity index is 2.40. The minimum Gasteiger partial charge on any atom is -0.299 e. The van der Waals surface area contributed by atoms with Crippen molar-refractivity contribution in [2.24, 2.45) is 5.92 Å². The lowest BCUT2D eigenvalue weighted by Gasteiger charge is -2.28. The van der Waals surface area contributed by atoms with Gasteiger partial charge in [0.05, 0.1) is 6.04 Å². The first-order valence-electron chi connectivity index (χ1n) is 4.30. The number of hydrogen-bond donors (Lipinski definition) is 1. The van der Waals surface area contributed by atoms with E-state index in [-0.39, 0.29) is 11.6 Å². The van der Waals surface area contributed by atoms with Crippen LogP contribution in [0.4, 0.5) is 0 Å². The van der Waals surface area contributed by atoms with Crippen LogP contribution in [0.2, 0.25) is 0 Å². The fraction of sp³-hybridized carbons (Fsp3) is 0.800. The Bertz CT molecular complexity index is 172. The molecule has 0 spiro atoms. The Morgan fingerprint density at radius 1 is 1.55 bits per heavy atom. The van der Waals surface area contributed by atoms with E-state index in [0.717, 1.165) is 5.92 Å². The van der Waals surface area contributed by atoms with Gasteiger partial charge in [0.25, 0.3) is 0 Å². The third-order valence-corrected chi connectivity index (χ3v) is 2.44. The summed E-state index contributed by atoms with van der Waals surface area (Å²) in [6.07, 6.45) is 8.00. The molecule has 0 aliphatic heterocycles. The van der Waals surface area contributed by atoms with E-state index < -0.39 is 0 Å². The van der Waals surface area contributed by atoms with Gasteiger partial charge in [0.1, 0.15) is 0 Å². The van der Waals surface area contributed by atoms with Crippen molar-refractivity contribution in [3.8, 4) is 12.3 Å². The van der Waals surface area contributed by atoms with Crippen molar-refractivity contribution < 1.29 is 0 Å². The Labute approximate surface area is 69.6 Å². The van der Waals surface area contributed by atoms with Crippen LogP contribution in [0, 0.1) is 18.3 Å². The average Bonchev–Trinajstić information content (AvgIpc) is 2.66. The second kappa shape index (κ2) is 2.87. The lowest BCUT2D eigenvalue weighted by Crippen LogP contribution is -2.45. The molecular formula is C10H17N. The van der Waals surface area contributed by atoms with E-state index in [9.17, 15) is 0 Å². The Hall–Kier alpha value is -0.480. The zero-order valence-electron chi connectivity index (χ0n) is 7.65. The largest absolute Gasteiger partial charge is 0.299 e. The smallest absolute Gasteiger partial charge is 0.0662 e. The zero-order chi connectivity index (χ0) is 8.48. The molecule has 11 heavy (non-hydrogen) atoms. The first kappa shape index (κ1) is 8.62. The van der Waals surface area contributed by atoms with E-state index in [1.165, 1.54) is 12.8 Å². The van der Waals surface area contributed by atoms with Crippen LogP contribution in [0.5, 0.6) is 0 Å². The van der Waals surface area contributed by atoms with Crippen molar-refractivity contribution >= 4 is 0 Å². The molecule has 0 amide bonds. The fourth-order valence-electron chi connectivity index (χ4n) is 1.52. The number of hydrogen-bond acceptors (Lipinski definition) is 1. The quantitative estimate of drug-likeness (QED) is 0.606. The van der Waals surface area contributed by atoms with E-state index in [1.54, 1.807) is 0 Å². The van der Waals surface area contributed by atoms with Crippen molar-refractivity contribution in [2.45, 2.75) is 45.2 Å². The second-order valence-corrected chi connectivity index (χ2v) is 4.03. The molecule has 0 saturated heterocycles. The minimum absolute atomic E-state index is 0.200. The zero-order valence-corrected chi connectivity index (χ0v) is 7.65. The first-order chi connectivity index (χ1) is 5.06. The SMILES string of the molecule is C#CC(C)NC(C)(C)C1CC1. The number of terminal acetylenes is 1. The van der Waals surface area contributed by atoms with E-state index in [4.69, 9.17) is 6.42 Å². The summed E-state index contributed by atoms with van der Waals surface area (Å²) in [7, 11) is 0. The van der Waals surface area contributed by atoms with Gasteiger partial charge in [-0.1, -0.05) is 5.92 Å². The lowest BCUT2D eigenvalue weighted by atomic mass is 9.98. The highest BCUT2D eigenvalue weighted by Crippen LogP contribution is 2.39. The molecule has 0 radical (unpaired) electrons. The van der Waals surface area contributed by atoms with Crippen molar-refractivity contribution in [1.29, 1.82) is 0 Å². The third-order valence-electron chi connectivity index (χ3n) is 2.44. The Morgan fingerprint density at radius 2 is 2.09 bits per heavy atom. The van der Waals surface area contributed by atoms with Crippen LogP contribution in [0.3, 0.4) is 0 Å². The van der Waals surface area contributed by atoms with Gasteiger partial charge in [-0.3, -0.25) is 5.32 Å². The summed E-state index contributed by atoms with van der Waals surface area (Å²) in [5.74, 6) is 3.54. The third kappa shape index (κ3) is 2.24. The molecule has 62 valence electrons. The molecule has 0 aromatic carbocycles. The molecule has 1 fully saturated rings. The summed E-state index contributed by atoms with van der Waals surface area (Å²) in [4.78, 5) is 0. The highest BCUT2D eigenvalue weighted by atomic mass is 15.0. The standard InChI is InChI=1S/C10H17N/c1-5-8(2)11-10(3,4)9-6-7-9/h1,8-9,11H,6-7H2,2-4H3. The highest BCUT2D eigenvalue weighted by Gasteiger charge is 2.37. The molecular weight excluding hydrogens is 134 g/mol. The molecule has 1 atom stereocenters. The molecule has 1 heteroatoms. The highest BCUT2D eigenvalue weighted by molar-refractivity contribution is 5.03. The van der Waals surface area contributed by atoms with Gasteiger partial charge in [0.15, 0.2) is 0 Å². The summed E-state index contributed by atoms with van der Waals surface area (Å²) < 4.78 is 0. The summed E-state index contributed by atoms with van der Waals surface area (Å²) in [6.45, 7) is 6.50. The van der Waals surface area contributed by atoms with Gasteiger partial charge in [-0.25, -0.2) is 0 Å². The first-order valence-corrected chi connectivity index (χ1v) is 4.30. The van der Waals surface area contributed by atoms with Gasteiger partial charge in [0.2, 0.25) is 0 Å². The topological polar surface area (TPSA) is 12.0 Å². The van der Waals surface area contributed by atoms with E-state index in [2.05, 4.69) is 25.1 Å². The van der Waals surface area contributed by atoms with Crippen LogP contribution in [0.15, 0.2) is 0 Å². The van der Waals surface area contributed by atoms with Crippen molar-refractivity contribution in [3.05, 3.63) is 0 Å². The maximum absolute atomic E-state index is 5.29. The molecule has 1 aliphatic rings. The molecule has 0 heterocycles. The predicted molar refractivity (Wildman–Crippen MR) is 48.2 cm³/mol. The average molecular weight is 151 g/mol. The van der Waals surface area contributed by atoms with Gasteiger partial charge >= 0.3 is 0 Å². The minimum atomic E-state index is 0.200. The normalized spacial score (nSPS) is 20.9. The molecule has 1 N–H and O–H groups in total. The van der Waals surface area contributed by atoms with Crippen LogP contribution in [-0.4, -0.2) is 11.6 Å². The van der Waals surface area contributed by atoms with Crippen LogP contribution in [0.1, 0.15) is 33.6 Å². The van der Waals surface area contributed by atoms with Gasteiger partial charge < -0.3 is 0 Å². The summed E-state index contributed by atoms with van der Waals surface area (Å²) in [6, 6.07) is 0.200. The number of rotatable bonds is 3. The predicted octanol–water partition coefficient (Wildman–Crippen LogP) is 1.79. The fourth-order valence-corrected chi connectivity index (χ4v) is 1.52. The second-order valence-electron chi connectivity index (χ2n) is 4.03. The van der Waals surface area contributed by atoms with Gasteiger partial charge in [-0.2, -0.15) is 0 Å². The summed E-state index contributed by atoms with van der Waals surface area (Å²) >= 11 is 0. The van der Waals surface area contributed by atoms with E-state index in [0.29, 0.717) is 0 Å². The lowest BCUT2D eigenvalue weighted by molar-refractivity contribution is 0.329. The van der Waals surface area contributed by atoms with Crippen molar-refractivity contribution in [3.63, 3.8) is 0 Å². The molecule has 1 rings (SSSR count). The van der Waals surface area contributed by atoms with E-state index in [1.807, 2.05) is 6.92 Å². The molecule has 1 aliphatic carbocycles.